The van der Waals surface area contributed by atoms with Gasteiger partial charge in [-0.2, -0.15) is 0 Å². The lowest BCUT2D eigenvalue weighted by Gasteiger charge is -2.15. The predicted octanol–water partition coefficient (Wildman–Crippen LogP) is 2.93. The lowest BCUT2D eigenvalue weighted by Crippen LogP contribution is -2.28. The van der Waals surface area contributed by atoms with Crippen molar-refractivity contribution in [2.24, 2.45) is 5.92 Å². The number of aromatic nitrogens is 2. The Hall–Kier alpha value is -2.73. The first kappa shape index (κ1) is 16.7. The molecular weight excluding hydrogens is 330 g/mol. The number of nitrogens with zero attached hydrogens (tertiary/aromatic N) is 3. The zero-order chi connectivity index (χ0) is 17.9. The number of pyridine rings is 1. The van der Waals surface area contributed by atoms with Gasteiger partial charge in [-0.25, -0.2) is 4.98 Å². The summed E-state index contributed by atoms with van der Waals surface area (Å²) in [5.41, 5.74) is 3.63. The number of ether oxygens (including phenoxy) is 1. The minimum absolute atomic E-state index is 0.216. The number of hydrogen-bond acceptors (Lipinski definition) is 5. The van der Waals surface area contributed by atoms with E-state index in [0.717, 1.165) is 29.6 Å². The molecule has 6 heteroatoms. The molecule has 0 aliphatic carbocycles. The van der Waals surface area contributed by atoms with Crippen molar-refractivity contribution in [1.82, 2.24) is 14.9 Å². The second-order valence-electron chi connectivity index (χ2n) is 6.67. The van der Waals surface area contributed by atoms with Gasteiger partial charge in [0.1, 0.15) is 5.52 Å². The number of fused-ring (bicyclic) bond motifs is 1. The fourth-order valence-electron chi connectivity index (χ4n) is 3.45. The summed E-state index contributed by atoms with van der Waals surface area (Å²) >= 11 is 0. The number of methoxy groups -OCH3 is 1. The first-order valence-electron chi connectivity index (χ1n) is 8.79. The molecule has 1 amide bonds. The molecule has 6 nitrogen and oxygen atoms in total. The van der Waals surface area contributed by atoms with Crippen LogP contribution in [-0.4, -0.2) is 47.6 Å². The van der Waals surface area contributed by atoms with Crippen LogP contribution in [0.2, 0.25) is 0 Å². The van der Waals surface area contributed by atoms with Crippen molar-refractivity contribution < 1.29 is 13.9 Å². The van der Waals surface area contributed by atoms with E-state index >= 15 is 0 Å². The number of benzene rings is 1. The summed E-state index contributed by atoms with van der Waals surface area (Å²) in [6, 6.07) is 9.86. The first-order chi connectivity index (χ1) is 12.7. The zero-order valence-corrected chi connectivity index (χ0v) is 14.7. The highest BCUT2D eigenvalue weighted by molar-refractivity contribution is 5.79. The van der Waals surface area contributed by atoms with E-state index in [-0.39, 0.29) is 5.91 Å². The molecule has 134 valence electrons. The highest BCUT2D eigenvalue weighted by atomic mass is 16.5. The summed E-state index contributed by atoms with van der Waals surface area (Å²) in [7, 11) is 1.66. The van der Waals surface area contributed by atoms with Gasteiger partial charge in [0, 0.05) is 39.0 Å². The van der Waals surface area contributed by atoms with E-state index in [1.54, 1.807) is 19.5 Å². The van der Waals surface area contributed by atoms with Gasteiger partial charge in [0.25, 0.3) is 0 Å². The van der Waals surface area contributed by atoms with E-state index in [1.807, 2.05) is 23.1 Å². The van der Waals surface area contributed by atoms with Crippen molar-refractivity contribution in [1.29, 1.82) is 0 Å². The van der Waals surface area contributed by atoms with Crippen LogP contribution in [0.1, 0.15) is 12.0 Å². The lowest BCUT2D eigenvalue weighted by molar-refractivity contribution is -0.128. The number of oxazole rings is 1. The van der Waals surface area contributed by atoms with Crippen LogP contribution in [0.3, 0.4) is 0 Å². The van der Waals surface area contributed by atoms with Crippen molar-refractivity contribution in [2.45, 2.75) is 12.8 Å². The molecule has 3 heterocycles. The molecule has 26 heavy (non-hydrogen) atoms. The molecule has 1 aromatic carbocycles. The smallest absolute Gasteiger partial charge is 0.228 e. The highest BCUT2D eigenvalue weighted by Gasteiger charge is 2.29. The van der Waals surface area contributed by atoms with Crippen molar-refractivity contribution in [3.63, 3.8) is 0 Å². The van der Waals surface area contributed by atoms with Gasteiger partial charge in [-0.3, -0.25) is 9.78 Å². The maximum absolute atomic E-state index is 12.1. The predicted molar refractivity (Wildman–Crippen MR) is 97.5 cm³/mol. The Morgan fingerprint density at radius 2 is 2.27 bits per heavy atom. The second-order valence-corrected chi connectivity index (χ2v) is 6.67. The van der Waals surface area contributed by atoms with E-state index in [0.29, 0.717) is 31.4 Å². The maximum atomic E-state index is 12.1. The molecule has 0 radical (unpaired) electrons. The first-order valence-corrected chi connectivity index (χ1v) is 8.79. The topological polar surface area (TPSA) is 68.5 Å². The molecule has 4 rings (SSSR count). The molecule has 1 aliphatic rings. The van der Waals surface area contributed by atoms with Crippen LogP contribution in [0.5, 0.6) is 0 Å². The van der Waals surface area contributed by atoms with Crippen molar-refractivity contribution in [3.05, 3.63) is 48.3 Å². The average Bonchev–Trinajstić information content (AvgIpc) is 3.23. The molecule has 0 bridgehead atoms. The Labute approximate surface area is 151 Å². The number of rotatable bonds is 6. The molecule has 1 atom stereocenters. The van der Waals surface area contributed by atoms with Crippen LogP contribution in [0.25, 0.3) is 22.6 Å². The molecule has 2 aromatic heterocycles. The fraction of sp³-hybridized carbons (Fsp3) is 0.350. The van der Waals surface area contributed by atoms with Crippen LogP contribution in [0.15, 0.2) is 47.1 Å². The van der Waals surface area contributed by atoms with Gasteiger partial charge in [-0.05, 0) is 42.2 Å². The molecule has 3 aromatic rings. The largest absolute Gasteiger partial charge is 0.436 e. The normalized spacial score (nSPS) is 17.3. The Bertz CT molecular complexity index is 907. The number of amides is 1. The third-order valence-corrected chi connectivity index (χ3v) is 4.74. The van der Waals surface area contributed by atoms with Gasteiger partial charge in [0.15, 0.2) is 5.58 Å². The molecule has 1 unspecified atom stereocenters. The van der Waals surface area contributed by atoms with Crippen molar-refractivity contribution in [3.8, 4) is 11.5 Å². The fourth-order valence-corrected chi connectivity index (χ4v) is 3.45. The summed E-state index contributed by atoms with van der Waals surface area (Å²) < 4.78 is 10.9. The molecule has 1 aliphatic heterocycles. The molecule has 0 saturated carbocycles. The number of hydrogen-bond donors (Lipinski definition) is 0. The number of carbonyl (C=O) groups excluding carboxylic acids is 1. The van der Waals surface area contributed by atoms with E-state index in [9.17, 15) is 4.79 Å². The Morgan fingerprint density at radius 3 is 3.08 bits per heavy atom. The Kier molecular flexibility index (Phi) is 4.67. The summed E-state index contributed by atoms with van der Waals surface area (Å²) in [5.74, 6) is 1.13. The van der Waals surface area contributed by atoms with E-state index < -0.39 is 0 Å². The van der Waals surface area contributed by atoms with Crippen LogP contribution < -0.4 is 0 Å². The van der Waals surface area contributed by atoms with Gasteiger partial charge in [0.2, 0.25) is 11.8 Å². The SMILES string of the molecule is COCCN1CC(Cc2ccc3oc(-c4cccnc4)nc3c2)CC1=O. The van der Waals surface area contributed by atoms with Gasteiger partial charge in [0.05, 0.1) is 12.2 Å². The van der Waals surface area contributed by atoms with E-state index in [4.69, 9.17) is 9.15 Å². The summed E-state index contributed by atoms with van der Waals surface area (Å²) in [6.45, 7) is 2.04. The van der Waals surface area contributed by atoms with Gasteiger partial charge < -0.3 is 14.1 Å². The summed E-state index contributed by atoms with van der Waals surface area (Å²) in [4.78, 5) is 22.7. The van der Waals surface area contributed by atoms with Gasteiger partial charge in [-0.1, -0.05) is 6.07 Å². The van der Waals surface area contributed by atoms with Crippen molar-refractivity contribution in [2.75, 3.05) is 26.8 Å². The maximum Gasteiger partial charge on any atom is 0.228 e. The molecule has 0 N–H and O–H groups in total. The van der Waals surface area contributed by atoms with Gasteiger partial charge in [-0.15, -0.1) is 0 Å². The van der Waals surface area contributed by atoms with E-state index in [1.165, 1.54) is 5.56 Å². The van der Waals surface area contributed by atoms with Crippen molar-refractivity contribution >= 4 is 17.0 Å². The number of carbonyl (C=O) groups is 1. The minimum Gasteiger partial charge on any atom is -0.436 e. The highest BCUT2D eigenvalue weighted by Crippen LogP contribution is 2.27. The van der Waals surface area contributed by atoms with Crippen LogP contribution in [-0.2, 0) is 16.0 Å². The summed E-state index contributed by atoms with van der Waals surface area (Å²) in [6.07, 6.45) is 4.93. The quantitative estimate of drug-likeness (QED) is 0.683. The monoisotopic (exact) mass is 351 g/mol. The van der Waals surface area contributed by atoms with E-state index in [2.05, 4.69) is 22.1 Å². The van der Waals surface area contributed by atoms with Crippen LogP contribution >= 0.6 is 0 Å². The second kappa shape index (κ2) is 7.25. The standard InChI is InChI=1S/C20H21N3O3/c1-25-8-7-23-13-15(11-19(23)24)9-14-4-5-18-17(10-14)22-20(26-18)16-3-2-6-21-12-16/h2-6,10,12,15H,7-9,11,13H2,1H3. The molecular formula is C20H21N3O3. The Morgan fingerprint density at radius 1 is 1.35 bits per heavy atom. The molecule has 1 saturated heterocycles. The number of likely N-dealkylation sites (tertiary alicyclic amines) is 1. The zero-order valence-electron chi connectivity index (χ0n) is 14.7. The third-order valence-electron chi connectivity index (χ3n) is 4.74. The third kappa shape index (κ3) is 3.46. The van der Waals surface area contributed by atoms with Crippen LogP contribution in [0.4, 0.5) is 0 Å². The average molecular weight is 351 g/mol. The Balaban J connectivity index is 1.49. The minimum atomic E-state index is 0.216. The lowest BCUT2D eigenvalue weighted by atomic mass is 9.98. The van der Waals surface area contributed by atoms with Crippen LogP contribution in [0, 0.1) is 5.92 Å². The molecule has 0 spiro atoms. The summed E-state index contributed by atoms with van der Waals surface area (Å²) in [5, 5.41) is 0. The van der Waals surface area contributed by atoms with Gasteiger partial charge >= 0.3 is 0 Å². The molecule has 1 fully saturated rings.